The van der Waals surface area contributed by atoms with E-state index in [4.69, 9.17) is 18.9 Å². The van der Waals surface area contributed by atoms with E-state index in [9.17, 15) is 18.9 Å². The fourth-order valence-electron chi connectivity index (χ4n) is 2.85. The number of hydrogen-bond acceptors (Lipinski definition) is 8. The first-order valence-corrected chi connectivity index (χ1v) is 8.64. The monoisotopic (exact) mass is 428 g/mol. The van der Waals surface area contributed by atoms with Crippen LogP contribution in [-0.4, -0.2) is 40.0 Å². The molecule has 2 rings (SSSR count). The number of nitro benzene ring substituents is 1. The number of hydrogen-bond donors (Lipinski definition) is 1. The molecule has 0 heterocycles. The lowest BCUT2D eigenvalue weighted by Crippen LogP contribution is -2.16. The van der Waals surface area contributed by atoms with Gasteiger partial charge in [0, 0.05) is 36.3 Å². The van der Waals surface area contributed by atoms with Crippen LogP contribution in [0.4, 0.5) is 14.5 Å². The first kappa shape index (κ1) is 22.9. The molecule has 0 atom stereocenters. The van der Waals surface area contributed by atoms with E-state index in [1.54, 1.807) is 12.1 Å². The van der Waals surface area contributed by atoms with Gasteiger partial charge in [-0.2, -0.15) is 8.78 Å². The van der Waals surface area contributed by atoms with E-state index in [-0.39, 0.29) is 24.4 Å². The van der Waals surface area contributed by atoms with Crippen LogP contribution in [0, 0.1) is 10.1 Å². The van der Waals surface area contributed by atoms with Crippen molar-refractivity contribution in [1.29, 1.82) is 0 Å². The number of nitro groups is 1. The van der Waals surface area contributed by atoms with Gasteiger partial charge >= 0.3 is 12.3 Å². The first-order chi connectivity index (χ1) is 14.4. The summed E-state index contributed by atoms with van der Waals surface area (Å²) in [6.07, 6.45) is 0. The molecule has 1 N–H and O–H groups in total. The topological polar surface area (TPSA) is 101 Å². The van der Waals surface area contributed by atoms with Gasteiger partial charge in [0.2, 0.25) is 5.75 Å². The summed E-state index contributed by atoms with van der Waals surface area (Å²) < 4.78 is 51.1. The third-order valence-corrected chi connectivity index (χ3v) is 4.20. The van der Waals surface area contributed by atoms with Gasteiger partial charge < -0.3 is 29.0 Å². The van der Waals surface area contributed by atoms with E-state index in [2.05, 4.69) is 10.1 Å². The van der Waals surface area contributed by atoms with Crippen LogP contribution in [0.2, 0.25) is 0 Å². The third kappa shape index (κ3) is 5.17. The molecule has 0 fully saturated rings. The van der Waals surface area contributed by atoms with Gasteiger partial charge in [-0.1, -0.05) is 0 Å². The number of benzene rings is 2. The van der Waals surface area contributed by atoms with Crippen molar-refractivity contribution >= 4 is 5.69 Å². The summed E-state index contributed by atoms with van der Waals surface area (Å²) in [5.74, 6) is 0.752. The largest absolute Gasteiger partial charge is 0.496 e. The van der Waals surface area contributed by atoms with Gasteiger partial charge in [0.25, 0.3) is 0 Å². The molecule has 0 aliphatic heterocycles. The molecule has 0 aliphatic rings. The Labute approximate surface area is 171 Å². The second kappa shape index (κ2) is 10.4. The molecule has 0 saturated carbocycles. The number of methoxy groups -OCH3 is 4. The van der Waals surface area contributed by atoms with E-state index < -0.39 is 23.0 Å². The minimum Gasteiger partial charge on any atom is -0.496 e. The molecule has 0 saturated heterocycles. The molecule has 164 valence electrons. The molecule has 2 aromatic rings. The fourth-order valence-corrected chi connectivity index (χ4v) is 2.85. The SMILES string of the molecule is COc1cc(OC)c(OC)cc1CNCc1ccc([N+](=O)[O-])c(OC)c1OC(F)F. The zero-order chi connectivity index (χ0) is 22.3. The summed E-state index contributed by atoms with van der Waals surface area (Å²) in [6, 6.07) is 5.89. The molecule has 11 heteroatoms. The van der Waals surface area contributed by atoms with Crippen LogP contribution in [-0.2, 0) is 13.1 Å². The van der Waals surface area contributed by atoms with Gasteiger partial charge in [-0.25, -0.2) is 0 Å². The summed E-state index contributed by atoms with van der Waals surface area (Å²) in [4.78, 5) is 10.4. The zero-order valence-corrected chi connectivity index (χ0v) is 16.9. The summed E-state index contributed by atoms with van der Waals surface area (Å²) in [6.45, 7) is -2.84. The lowest BCUT2D eigenvalue weighted by molar-refractivity contribution is -0.385. The Morgan fingerprint density at radius 1 is 0.900 bits per heavy atom. The van der Waals surface area contributed by atoms with Crippen LogP contribution < -0.4 is 29.0 Å². The lowest BCUT2D eigenvalue weighted by Gasteiger charge is -2.16. The van der Waals surface area contributed by atoms with Crippen molar-refractivity contribution in [2.75, 3.05) is 28.4 Å². The maximum Gasteiger partial charge on any atom is 0.387 e. The minimum atomic E-state index is -3.18. The standard InChI is InChI=1S/C19H22F2N2O7/c1-26-14-8-16(28-3)15(27-2)7-12(14)10-22-9-11-5-6-13(23(24)25)18(29-4)17(11)30-19(20)21/h5-8,19,22H,9-10H2,1-4H3. The fraction of sp³-hybridized carbons (Fsp3) is 0.368. The Morgan fingerprint density at radius 3 is 2.03 bits per heavy atom. The van der Waals surface area contributed by atoms with Crippen LogP contribution in [0.15, 0.2) is 24.3 Å². The molecule has 0 unspecified atom stereocenters. The maximum atomic E-state index is 12.9. The summed E-state index contributed by atoms with van der Waals surface area (Å²) in [5.41, 5.74) is 0.510. The van der Waals surface area contributed by atoms with Crippen molar-refractivity contribution in [1.82, 2.24) is 5.32 Å². The Bertz CT molecular complexity index is 894. The van der Waals surface area contributed by atoms with E-state index >= 15 is 0 Å². The molecule has 0 spiro atoms. The smallest absolute Gasteiger partial charge is 0.387 e. The summed E-state index contributed by atoms with van der Waals surface area (Å²) in [7, 11) is 5.65. The lowest BCUT2D eigenvalue weighted by atomic mass is 10.1. The van der Waals surface area contributed by atoms with Crippen LogP contribution in [0.1, 0.15) is 11.1 Å². The van der Waals surface area contributed by atoms with Gasteiger partial charge in [-0.3, -0.25) is 10.1 Å². The molecule has 0 radical (unpaired) electrons. The van der Waals surface area contributed by atoms with Gasteiger partial charge in [0.1, 0.15) is 5.75 Å². The highest BCUT2D eigenvalue weighted by Gasteiger charge is 2.25. The molecule has 2 aromatic carbocycles. The maximum absolute atomic E-state index is 12.9. The molecule has 30 heavy (non-hydrogen) atoms. The van der Waals surface area contributed by atoms with Crippen molar-refractivity contribution < 1.29 is 37.4 Å². The van der Waals surface area contributed by atoms with Crippen molar-refractivity contribution in [3.05, 3.63) is 45.5 Å². The quantitative estimate of drug-likeness (QED) is 0.429. The van der Waals surface area contributed by atoms with Crippen LogP contribution in [0.25, 0.3) is 0 Å². The van der Waals surface area contributed by atoms with Crippen LogP contribution in [0.3, 0.4) is 0 Å². The van der Waals surface area contributed by atoms with E-state index in [0.29, 0.717) is 17.2 Å². The molecule has 0 aromatic heterocycles. The van der Waals surface area contributed by atoms with Crippen LogP contribution >= 0.6 is 0 Å². The van der Waals surface area contributed by atoms with Gasteiger partial charge in [-0.05, 0) is 12.1 Å². The Kier molecular flexibility index (Phi) is 7.98. The molecular weight excluding hydrogens is 406 g/mol. The molecule has 0 bridgehead atoms. The Hall–Kier alpha value is -3.34. The number of rotatable bonds is 11. The number of nitrogens with one attached hydrogen (secondary N) is 1. The Balaban J connectivity index is 2.28. The van der Waals surface area contributed by atoms with E-state index in [0.717, 1.165) is 12.7 Å². The van der Waals surface area contributed by atoms with E-state index in [1.807, 2.05) is 0 Å². The summed E-state index contributed by atoms with van der Waals surface area (Å²) in [5, 5.41) is 14.2. The van der Waals surface area contributed by atoms with Gasteiger partial charge in [-0.15, -0.1) is 0 Å². The predicted molar refractivity (Wildman–Crippen MR) is 103 cm³/mol. The van der Waals surface area contributed by atoms with Crippen molar-refractivity contribution in [3.63, 3.8) is 0 Å². The second-order valence-electron chi connectivity index (χ2n) is 5.86. The minimum absolute atomic E-state index is 0.0634. The van der Waals surface area contributed by atoms with Crippen molar-refractivity contribution in [3.8, 4) is 28.7 Å². The Morgan fingerprint density at radius 2 is 1.50 bits per heavy atom. The molecule has 0 amide bonds. The molecule has 0 aliphatic carbocycles. The number of halogens is 2. The highest BCUT2D eigenvalue weighted by Crippen LogP contribution is 2.40. The average molecular weight is 428 g/mol. The van der Waals surface area contributed by atoms with Crippen molar-refractivity contribution in [2.24, 2.45) is 0 Å². The summed E-state index contributed by atoms with van der Waals surface area (Å²) >= 11 is 0. The average Bonchev–Trinajstić information content (AvgIpc) is 2.73. The van der Waals surface area contributed by atoms with E-state index in [1.165, 1.54) is 33.5 Å². The second-order valence-corrected chi connectivity index (χ2v) is 5.86. The van der Waals surface area contributed by atoms with Gasteiger partial charge in [0.15, 0.2) is 17.2 Å². The number of ether oxygens (including phenoxy) is 5. The third-order valence-electron chi connectivity index (χ3n) is 4.20. The molecule has 9 nitrogen and oxygen atoms in total. The van der Waals surface area contributed by atoms with Crippen molar-refractivity contribution in [2.45, 2.75) is 19.7 Å². The van der Waals surface area contributed by atoms with Gasteiger partial charge in [0.05, 0.1) is 33.4 Å². The highest BCUT2D eigenvalue weighted by molar-refractivity contribution is 5.59. The predicted octanol–water partition coefficient (Wildman–Crippen LogP) is 3.52. The number of nitrogens with zero attached hydrogens (tertiary/aromatic N) is 1. The molecular formula is C19H22F2N2O7. The van der Waals surface area contributed by atoms with Crippen LogP contribution in [0.5, 0.6) is 28.7 Å². The first-order valence-electron chi connectivity index (χ1n) is 8.64. The zero-order valence-electron chi connectivity index (χ0n) is 16.9. The highest BCUT2D eigenvalue weighted by atomic mass is 19.3. The normalized spacial score (nSPS) is 10.6. The number of alkyl halides is 2.